The third-order valence-electron chi connectivity index (χ3n) is 2.66. The minimum Gasteiger partial charge on any atom is -0.457 e. The molecule has 0 heterocycles. The summed E-state index contributed by atoms with van der Waals surface area (Å²) in [7, 11) is 0. The number of hydrogen-bond donors (Lipinski definition) is 1. The lowest BCUT2D eigenvalue weighted by Gasteiger charge is -2.10. The monoisotopic (exact) mass is 213 g/mol. The summed E-state index contributed by atoms with van der Waals surface area (Å²) in [5.41, 5.74) is 8.76. The summed E-state index contributed by atoms with van der Waals surface area (Å²) in [5.74, 6) is 1.70. The molecule has 0 aliphatic heterocycles. The Morgan fingerprint density at radius 3 is 2.31 bits per heavy atom. The fourth-order valence-electron chi connectivity index (χ4n) is 1.50. The van der Waals surface area contributed by atoms with E-state index in [1.54, 1.807) is 0 Å². The predicted octanol–water partition coefficient (Wildman–Crippen LogP) is 3.68. The Balaban J connectivity index is 2.27. The van der Waals surface area contributed by atoms with Gasteiger partial charge < -0.3 is 10.5 Å². The number of anilines is 1. The Morgan fingerprint density at radius 1 is 0.938 bits per heavy atom. The molecule has 0 unspecified atom stereocenters. The maximum atomic E-state index is 5.79. The first-order valence-electron chi connectivity index (χ1n) is 5.26. The third-order valence-corrected chi connectivity index (χ3v) is 2.66. The molecule has 0 aliphatic rings. The van der Waals surface area contributed by atoms with Crippen LogP contribution in [-0.2, 0) is 0 Å². The first-order valence-corrected chi connectivity index (χ1v) is 5.26. The van der Waals surface area contributed by atoms with Gasteiger partial charge in [0, 0.05) is 5.69 Å². The van der Waals surface area contributed by atoms with Crippen molar-refractivity contribution < 1.29 is 4.74 Å². The second kappa shape index (κ2) is 4.27. The van der Waals surface area contributed by atoms with Gasteiger partial charge in [0.2, 0.25) is 0 Å². The fourth-order valence-corrected chi connectivity index (χ4v) is 1.50. The van der Waals surface area contributed by atoms with E-state index in [2.05, 4.69) is 19.9 Å². The molecule has 0 bridgehead atoms. The van der Waals surface area contributed by atoms with Gasteiger partial charge in [-0.2, -0.15) is 0 Å². The van der Waals surface area contributed by atoms with Crippen LogP contribution in [0.25, 0.3) is 0 Å². The van der Waals surface area contributed by atoms with Crippen molar-refractivity contribution in [1.82, 2.24) is 0 Å². The van der Waals surface area contributed by atoms with Gasteiger partial charge >= 0.3 is 0 Å². The largest absolute Gasteiger partial charge is 0.457 e. The Morgan fingerprint density at radius 2 is 1.62 bits per heavy atom. The van der Waals surface area contributed by atoms with Crippen molar-refractivity contribution in [2.24, 2.45) is 0 Å². The number of nitrogen functional groups attached to an aromatic ring is 1. The topological polar surface area (TPSA) is 35.2 Å². The molecule has 0 radical (unpaired) electrons. The normalized spacial score (nSPS) is 10.1. The van der Waals surface area contributed by atoms with Crippen LogP contribution in [0.5, 0.6) is 11.5 Å². The second-order valence-electron chi connectivity index (χ2n) is 3.87. The van der Waals surface area contributed by atoms with Gasteiger partial charge in [-0.15, -0.1) is 0 Å². The van der Waals surface area contributed by atoms with Crippen LogP contribution < -0.4 is 10.5 Å². The van der Waals surface area contributed by atoms with E-state index in [1.807, 2.05) is 36.4 Å². The Hall–Kier alpha value is -1.96. The second-order valence-corrected chi connectivity index (χ2v) is 3.87. The zero-order chi connectivity index (χ0) is 11.5. The van der Waals surface area contributed by atoms with Crippen LogP contribution in [-0.4, -0.2) is 0 Å². The average molecular weight is 213 g/mol. The molecular formula is C14H15NO. The van der Waals surface area contributed by atoms with Crippen LogP contribution in [0.1, 0.15) is 11.1 Å². The van der Waals surface area contributed by atoms with E-state index in [4.69, 9.17) is 10.5 Å². The van der Waals surface area contributed by atoms with E-state index in [1.165, 1.54) is 11.1 Å². The Labute approximate surface area is 95.7 Å². The smallest absolute Gasteiger partial charge is 0.130 e. The van der Waals surface area contributed by atoms with Crippen molar-refractivity contribution in [1.29, 1.82) is 0 Å². The highest BCUT2D eigenvalue weighted by Crippen LogP contribution is 2.27. The molecule has 2 rings (SSSR count). The molecule has 0 spiro atoms. The number of ether oxygens (including phenoxy) is 1. The molecular weight excluding hydrogens is 198 g/mol. The van der Waals surface area contributed by atoms with Gasteiger partial charge in [-0.3, -0.25) is 0 Å². The van der Waals surface area contributed by atoms with Crippen LogP contribution in [0.3, 0.4) is 0 Å². The van der Waals surface area contributed by atoms with Gasteiger partial charge in [-0.25, -0.2) is 0 Å². The molecule has 2 aromatic rings. The zero-order valence-electron chi connectivity index (χ0n) is 9.53. The molecule has 0 fully saturated rings. The number of rotatable bonds is 2. The maximum Gasteiger partial charge on any atom is 0.130 e. The average Bonchev–Trinajstić information content (AvgIpc) is 2.28. The van der Waals surface area contributed by atoms with E-state index >= 15 is 0 Å². The fraction of sp³-hybridized carbons (Fsp3) is 0.143. The van der Waals surface area contributed by atoms with Crippen molar-refractivity contribution in [2.75, 3.05) is 5.73 Å². The van der Waals surface area contributed by atoms with Crippen molar-refractivity contribution >= 4 is 5.69 Å². The van der Waals surface area contributed by atoms with E-state index in [9.17, 15) is 0 Å². The molecule has 0 amide bonds. The van der Waals surface area contributed by atoms with Crippen LogP contribution >= 0.6 is 0 Å². The zero-order valence-corrected chi connectivity index (χ0v) is 9.53. The lowest BCUT2D eigenvalue weighted by molar-refractivity contribution is 0.478. The summed E-state index contributed by atoms with van der Waals surface area (Å²) in [4.78, 5) is 0. The van der Waals surface area contributed by atoms with E-state index in [-0.39, 0.29) is 0 Å². The predicted molar refractivity (Wildman–Crippen MR) is 66.8 cm³/mol. The summed E-state index contributed by atoms with van der Waals surface area (Å²) in [5, 5.41) is 0. The van der Waals surface area contributed by atoms with Gasteiger partial charge in [0.1, 0.15) is 11.5 Å². The van der Waals surface area contributed by atoms with Crippen molar-refractivity contribution in [2.45, 2.75) is 13.8 Å². The van der Waals surface area contributed by atoms with Gasteiger partial charge in [0.05, 0.1) is 0 Å². The minimum absolute atomic E-state index is 0.744. The van der Waals surface area contributed by atoms with E-state index < -0.39 is 0 Å². The van der Waals surface area contributed by atoms with Gasteiger partial charge in [-0.05, 0) is 55.3 Å². The summed E-state index contributed by atoms with van der Waals surface area (Å²) in [6.07, 6.45) is 0. The van der Waals surface area contributed by atoms with Gasteiger partial charge in [0.25, 0.3) is 0 Å². The number of benzene rings is 2. The molecule has 2 nitrogen and oxygen atoms in total. The van der Waals surface area contributed by atoms with E-state index in [0.717, 1.165) is 17.2 Å². The maximum absolute atomic E-state index is 5.79. The SMILES string of the molecule is Cc1cccc(Oc2ccc(N)cc2)c1C. The number of aryl methyl sites for hydroxylation is 1. The first-order chi connectivity index (χ1) is 7.66. The quantitative estimate of drug-likeness (QED) is 0.772. The van der Waals surface area contributed by atoms with Crippen LogP contribution in [0, 0.1) is 13.8 Å². The van der Waals surface area contributed by atoms with E-state index in [0.29, 0.717) is 0 Å². The highest BCUT2D eigenvalue weighted by atomic mass is 16.5. The van der Waals surface area contributed by atoms with Crippen molar-refractivity contribution in [3.63, 3.8) is 0 Å². The minimum atomic E-state index is 0.744. The highest BCUT2D eigenvalue weighted by molar-refractivity contribution is 5.45. The van der Waals surface area contributed by atoms with Crippen molar-refractivity contribution in [3.05, 3.63) is 53.6 Å². The summed E-state index contributed by atoms with van der Waals surface area (Å²) < 4.78 is 5.79. The van der Waals surface area contributed by atoms with Crippen LogP contribution in [0.4, 0.5) is 5.69 Å². The summed E-state index contributed by atoms with van der Waals surface area (Å²) >= 11 is 0. The summed E-state index contributed by atoms with van der Waals surface area (Å²) in [6, 6.07) is 13.5. The van der Waals surface area contributed by atoms with Crippen LogP contribution in [0.2, 0.25) is 0 Å². The summed E-state index contributed by atoms with van der Waals surface area (Å²) in [6.45, 7) is 4.13. The van der Waals surface area contributed by atoms with Gasteiger partial charge in [0.15, 0.2) is 0 Å². The number of nitrogens with two attached hydrogens (primary N) is 1. The molecule has 2 N–H and O–H groups in total. The lowest BCUT2D eigenvalue weighted by Crippen LogP contribution is -1.90. The molecule has 82 valence electrons. The molecule has 0 saturated carbocycles. The third kappa shape index (κ3) is 2.16. The highest BCUT2D eigenvalue weighted by Gasteiger charge is 2.02. The number of hydrogen-bond acceptors (Lipinski definition) is 2. The van der Waals surface area contributed by atoms with Gasteiger partial charge in [-0.1, -0.05) is 12.1 Å². The standard InChI is InChI=1S/C14H15NO/c1-10-4-3-5-14(11(10)2)16-13-8-6-12(15)7-9-13/h3-9H,15H2,1-2H3. The Kier molecular flexibility index (Phi) is 2.82. The first kappa shape index (κ1) is 10.6. The molecule has 2 heteroatoms. The van der Waals surface area contributed by atoms with Crippen molar-refractivity contribution in [3.8, 4) is 11.5 Å². The molecule has 0 aromatic heterocycles. The molecule has 2 aromatic carbocycles. The molecule has 0 atom stereocenters. The molecule has 0 aliphatic carbocycles. The molecule has 0 saturated heterocycles. The van der Waals surface area contributed by atoms with Crippen LogP contribution in [0.15, 0.2) is 42.5 Å². The molecule has 16 heavy (non-hydrogen) atoms. The lowest BCUT2D eigenvalue weighted by atomic mass is 10.1. The Bertz CT molecular complexity index is 489.